The zero-order valence-corrected chi connectivity index (χ0v) is 16.5. The van der Waals surface area contributed by atoms with Gasteiger partial charge in [0.2, 0.25) is 0 Å². The summed E-state index contributed by atoms with van der Waals surface area (Å²) in [6, 6.07) is 3.97. The van der Waals surface area contributed by atoms with Gasteiger partial charge in [-0.05, 0) is 39.8 Å². The molecule has 0 saturated carbocycles. The number of aromatic nitrogens is 1. The molecule has 0 radical (unpaired) electrons. The van der Waals surface area contributed by atoms with Gasteiger partial charge in [-0.2, -0.15) is 0 Å². The number of hydrogen-bond acceptors (Lipinski definition) is 7. The molecule has 2 saturated heterocycles. The molecule has 8 heteroatoms. The second-order valence-electron chi connectivity index (χ2n) is 8.32. The van der Waals surface area contributed by atoms with E-state index in [9.17, 15) is 0 Å². The molecule has 0 aromatic carbocycles. The molecule has 4 rings (SSSR count). The van der Waals surface area contributed by atoms with Gasteiger partial charge in [0.1, 0.15) is 6.10 Å². The Hall–Kier alpha value is -1.45. The largest absolute Gasteiger partial charge is 0.496 e. The fourth-order valence-electron chi connectivity index (χ4n) is 3.34. The van der Waals surface area contributed by atoms with Crippen molar-refractivity contribution in [3.63, 3.8) is 0 Å². The first kappa shape index (κ1) is 18.9. The molecule has 2 fully saturated rings. The predicted molar refractivity (Wildman–Crippen MR) is 103 cm³/mol. The van der Waals surface area contributed by atoms with E-state index in [-0.39, 0.29) is 17.3 Å². The van der Waals surface area contributed by atoms with E-state index >= 15 is 0 Å². The molecule has 1 unspecified atom stereocenters. The van der Waals surface area contributed by atoms with Crippen molar-refractivity contribution in [2.24, 2.45) is 0 Å². The first-order valence-corrected chi connectivity index (χ1v) is 9.60. The van der Waals surface area contributed by atoms with Crippen molar-refractivity contribution >= 4 is 18.3 Å². The lowest BCUT2D eigenvalue weighted by atomic mass is 9.80. The van der Waals surface area contributed by atoms with Crippen molar-refractivity contribution in [1.29, 1.82) is 0 Å². The number of morpholine rings is 1. The number of hydrogen-bond donors (Lipinski definition) is 1. The third-order valence-corrected chi connectivity index (χ3v) is 5.80. The Morgan fingerprint density at radius 1 is 1.15 bits per heavy atom. The zero-order chi connectivity index (χ0) is 19.1. The number of rotatable bonds is 4. The molecular formula is C19H28BN3O4. The number of nitrogens with zero attached hydrogens (tertiary/aromatic N) is 2. The molecule has 7 nitrogen and oxygen atoms in total. The van der Waals surface area contributed by atoms with Gasteiger partial charge in [-0.25, -0.2) is 0 Å². The summed E-state index contributed by atoms with van der Waals surface area (Å²) in [5.74, 6) is 0. The van der Waals surface area contributed by atoms with Gasteiger partial charge in [-0.1, -0.05) is 6.07 Å². The van der Waals surface area contributed by atoms with E-state index in [0.29, 0.717) is 0 Å². The molecule has 1 atom stereocenters. The highest BCUT2D eigenvalue weighted by Gasteiger charge is 2.51. The van der Waals surface area contributed by atoms with Gasteiger partial charge < -0.3 is 14.0 Å². The van der Waals surface area contributed by atoms with Gasteiger partial charge in [0.05, 0.1) is 35.8 Å². The highest BCUT2D eigenvalue weighted by atomic mass is 16.7. The van der Waals surface area contributed by atoms with Crippen molar-refractivity contribution in [2.75, 3.05) is 32.8 Å². The average Bonchev–Trinajstić information content (AvgIpc) is 3.18. The number of hydroxylamine groups is 1. The van der Waals surface area contributed by atoms with Gasteiger partial charge in [0, 0.05) is 31.3 Å². The highest BCUT2D eigenvalue weighted by Crippen LogP contribution is 2.36. The van der Waals surface area contributed by atoms with Crippen LogP contribution in [0, 0.1) is 0 Å². The second kappa shape index (κ2) is 7.18. The molecular weight excluding hydrogens is 345 g/mol. The van der Waals surface area contributed by atoms with Crippen LogP contribution in [0.15, 0.2) is 24.4 Å². The monoisotopic (exact) mass is 373 g/mol. The maximum atomic E-state index is 6.08. The van der Waals surface area contributed by atoms with Crippen LogP contribution in [-0.4, -0.2) is 67.2 Å². The van der Waals surface area contributed by atoms with Crippen LogP contribution >= 0.6 is 0 Å². The van der Waals surface area contributed by atoms with Crippen LogP contribution in [0.2, 0.25) is 0 Å². The smallest absolute Gasteiger partial charge is 0.399 e. The van der Waals surface area contributed by atoms with Crippen LogP contribution in [0.5, 0.6) is 0 Å². The second-order valence-corrected chi connectivity index (χ2v) is 8.32. The lowest BCUT2D eigenvalue weighted by molar-refractivity contribution is -0.00802. The van der Waals surface area contributed by atoms with Gasteiger partial charge >= 0.3 is 7.12 Å². The van der Waals surface area contributed by atoms with E-state index < -0.39 is 7.12 Å². The van der Waals surface area contributed by atoms with Crippen molar-refractivity contribution in [2.45, 2.75) is 45.0 Å². The lowest BCUT2D eigenvalue weighted by Crippen LogP contribution is -2.41. The molecule has 0 amide bonds. The van der Waals surface area contributed by atoms with E-state index in [2.05, 4.69) is 21.4 Å². The van der Waals surface area contributed by atoms with Crippen molar-refractivity contribution in [1.82, 2.24) is 15.4 Å². The summed E-state index contributed by atoms with van der Waals surface area (Å²) < 4.78 is 17.6. The molecule has 146 valence electrons. The maximum Gasteiger partial charge on any atom is 0.496 e. The zero-order valence-electron chi connectivity index (χ0n) is 16.5. The van der Waals surface area contributed by atoms with Gasteiger partial charge in [-0.3, -0.25) is 20.2 Å². The van der Waals surface area contributed by atoms with Crippen LogP contribution in [0.1, 0.15) is 33.4 Å². The Labute approximate surface area is 161 Å². The SMILES string of the molecule is CC1(C)OB(c2ccc(C3=CC(CN4CCOCC4)ON3)nc2)OC1(C)C. The summed E-state index contributed by atoms with van der Waals surface area (Å²) in [7, 11) is -0.396. The van der Waals surface area contributed by atoms with Crippen LogP contribution < -0.4 is 10.9 Å². The quantitative estimate of drug-likeness (QED) is 0.789. The van der Waals surface area contributed by atoms with E-state index in [1.54, 1.807) is 0 Å². The summed E-state index contributed by atoms with van der Waals surface area (Å²) in [6.45, 7) is 12.5. The minimum atomic E-state index is -0.396. The highest BCUT2D eigenvalue weighted by molar-refractivity contribution is 6.62. The minimum Gasteiger partial charge on any atom is -0.399 e. The molecule has 4 heterocycles. The summed E-state index contributed by atoms with van der Waals surface area (Å²) in [6.07, 6.45) is 3.92. The summed E-state index contributed by atoms with van der Waals surface area (Å²) in [4.78, 5) is 12.6. The Balaban J connectivity index is 1.40. The number of pyridine rings is 1. The molecule has 0 aliphatic carbocycles. The first-order chi connectivity index (χ1) is 12.8. The Morgan fingerprint density at radius 2 is 1.85 bits per heavy atom. The van der Waals surface area contributed by atoms with Gasteiger partial charge in [-0.15, -0.1) is 0 Å². The van der Waals surface area contributed by atoms with Gasteiger partial charge in [0.15, 0.2) is 0 Å². The molecule has 27 heavy (non-hydrogen) atoms. The topological polar surface area (TPSA) is 65.1 Å². The summed E-state index contributed by atoms with van der Waals surface area (Å²) in [5, 5.41) is 0. The summed E-state index contributed by atoms with van der Waals surface area (Å²) in [5.41, 5.74) is 4.96. The van der Waals surface area contributed by atoms with Crippen molar-refractivity contribution < 1.29 is 18.9 Å². The Kier molecular flexibility index (Phi) is 5.03. The first-order valence-electron chi connectivity index (χ1n) is 9.60. The van der Waals surface area contributed by atoms with Gasteiger partial charge in [0.25, 0.3) is 0 Å². The fourth-order valence-corrected chi connectivity index (χ4v) is 3.34. The van der Waals surface area contributed by atoms with Crippen LogP contribution in [0.3, 0.4) is 0 Å². The third-order valence-electron chi connectivity index (χ3n) is 5.80. The molecule has 3 aliphatic rings. The summed E-state index contributed by atoms with van der Waals surface area (Å²) >= 11 is 0. The number of nitrogens with one attached hydrogen (secondary N) is 1. The van der Waals surface area contributed by atoms with E-state index in [0.717, 1.165) is 49.7 Å². The minimum absolute atomic E-state index is 0.0164. The normalized spacial score (nSPS) is 27.5. The van der Waals surface area contributed by atoms with Crippen LogP contribution in [-0.2, 0) is 18.9 Å². The van der Waals surface area contributed by atoms with Crippen LogP contribution in [0.4, 0.5) is 0 Å². The van der Waals surface area contributed by atoms with Crippen molar-refractivity contribution in [3.05, 3.63) is 30.1 Å². The molecule has 1 aromatic heterocycles. The Morgan fingerprint density at radius 3 is 2.48 bits per heavy atom. The lowest BCUT2D eigenvalue weighted by Gasteiger charge is -2.32. The average molecular weight is 373 g/mol. The third kappa shape index (κ3) is 3.91. The molecule has 0 bridgehead atoms. The molecule has 1 aromatic rings. The number of ether oxygens (including phenoxy) is 1. The standard InChI is InChI=1S/C19H28BN3O4/c1-18(2)19(3,4)27-20(26-18)14-5-6-16(21-12-14)17-11-15(25-22-17)13-23-7-9-24-10-8-23/h5-6,11-12,15,22H,7-10,13H2,1-4H3. The maximum absolute atomic E-state index is 6.08. The molecule has 1 N–H and O–H groups in total. The molecule has 3 aliphatic heterocycles. The van der Waals surface area contributed by atoms with E-state index in [4.69, 9.17) is 18.9 Å². The van der Waals surface area contributed by atoms with E-state index in [1.807, 2.05) is 46.0 Å². The Bertz CT molecular complexity index is 685. The van der Waals surface area contributed by atoms with Crippen LogP contribution in [0.25, 0.3) is 5.70 Å². The predicted octanol–water partition coefficient (Wildman–Crippen LogP) is 0.957. The molecule has 0 spiro atoms. The van der Waals surface area contributed by atoms with E-state index in [1.165, 1.54) is 0 Å². The van der Waals surface area contributed by atoms with Crippen molar-refractivity contribution in [3.8, 4) is 0 Å². The fraction of sp³-hybridized carbons (Fsp3) is 0.632.